The molecule has 1 aliphatic heterocycles. The third-order valence-corrected chi connectivity index (χ3v) is 8.57. The number of aliphatic hydroxyl groups is 2. The van der Waals surface area contributed by atoms with Gasteiger partial charge in [0.25, 0.3) is 0 Å². The van der Waals surface area contributed by atoms with Crippen LogP contribution in [-0.4, -0.2) is 64.1 Å². The van der Waals surface area contributed by atoms with Crippen LogP contribution in [0, 0.1) is 23.7 Å². The lowest BCUT2D eigenvalue weighted by atomic mass is 9.60. The minimum atomic E-state index is -1.14. The van der Waals surface area contributed by atoms with Gasteiger partial charge in [0.2, 0.25) is 11.8 Å². The molecular weight excluding hydrogens is 478 g/mol. The fraction of sp³-hybridized carbons (Fsp3) is 0.630. The number of benzene rings is 1. The highest BCUT2D eigenvalue weighted by molar-refractivity contribution is 6.06. The molecule has 10 nitrogen and oxygen atoms in total. The molecule has 5 rings (SSSR count). The summed E-state index contributed by atoms with van der Waals surface area (Å²) >= 11 is 0. The number of hydrazone groups is 1. The van der Waals surface area contributed by atoms with E-state index in [-0.39, 0.29) is 36.8 Å². The van der Waals surface area contributed by atoms with Crippen molar-refractivity contribution in [2.24, 2.45) is 28.8 Å². The SMILES string of the molecule is COc1ccc(COC(=O)N/N=C2\C[C@@H](O)[C@@H](O)[C@@H]3[C@@H]4C(=O)N(C5CCCCC5)C(=O)[C@@H]4CC[C@@H]23)cc1. The zero-order valence-electron chi connectivity index (χ0n) is 21.0. The number of likely N-dealkylation sites (tertiary alicyclic amines) is 1. The van der Waals surface area contributed by atoms with Gasteiger partial charge in [-0.25, -0.2) is 10.2 Å². The maximum absolute atomic E-state index is 13.6. The normalized spacial score (nSPS) is 33.2. The van der Waals surface area contributed by atoms with E-state index < -0.39 is 36.1 Å². The standard InChI is InChI=1S/C27H35N3O7/c1-36-17-9-7-15(8-10-17)14-37-27(35)29-28-20-13-21(31)24(32)22-18(20)11-12-19-23(22)26(34)30(25(19)33)16-5-3-2-4-6-16/h7-10,16,18-19,21-24,31-32H,2-6,11-14H2,1H3,(H,29,35)/b28-20+/t18-,19+,21+,22-,23+,24+/m0/s1. The van der Waals surface area contributed by atoms with Crippen LogP contribution in [0.3, 0.4) is 0 Å². The number of hydrogen-bond acceptors (Lipinski definition) is 8. The van der Waals surface area contributed by atoms with Crippen LogP contribution in [0.15, 0.2) is 29.4 Å². The van der Waals surface area contributed by atoms with Gasteiger partial charge in [0, 0.05) is 30.0 Å². The van der Waals surface area contributed by atoms with Crippen LogP contribution in [0.4, 0.5) is 4.79 Å². The second-order valence-electron chi connectivity index (χ2n) is 10.6. The summed E-state index contributed by atoms with van der Waals surface area (Å²) in [5, 5.41) is 25.8. The number of fused-ring (bicyclic) bond motifs is 3. The van der Waals surface area contributed by atoms with Crippen LogP contribution in [-0.2, 0) is 20.9 Å². The average Bonchev–Trinajstić information content (AvgIpc) is 3.18. The largest absolute Gasteiger partial charge is 0.497 e. The van der Waals surface area contributed by atoms with Crippen LogP contribution >= 0.6 is 0 Å². The van der Waals surface area contributed by atoms with E-state index in [0.717, 1.165) is 37.7 Å². The van der Waals surface area contributed by atoms with Gasteiger partial charge in [-0.3, -0.25) is 14.5 Å². The van der Waals surface area contributed by atoms with E-state index in [1.165, 1.54) is 4.90 Å². The lowest BCUT2D eigenvalue weighted by molar-refractivity contribution is -0.145. The highest BCUT2D eigenvalue weighted by Crippen LogP contribution is 2.50. The van der Waals surface area contributed by atoms with Crippen LogP contribution in [0.5, 0.6) is 5.75 Å². The third-order valence-electron chi connectivity index (χ3n) is 8.57. The molecule has 0 bridgehead atoms. The first-order valence-corrected chi connectivity index (χ1v) is 13.2. The first-order chi connectivity index (χ1) is 17.9. The number of methoxy groups -OCH3 is 1. The van der Waals surface area contributed by atoms with E-state index in [1.54, 1.807) is 31.4 Å². The van der Waals surface area contributed by atoms with Crippen molar-refractivity contribution in [1.29, 1.82) is 0 Å². The Balaban J connectivity index is 1.27. The molecular formula is C27H35N3O7. The fourth-order valence-corrected chi connectivity index (χ4v) is 6.74. The molecule has 6 atom stereocenters. The van der Waals surface area contributed by atoms with Crippen molar-refractivity contribution in [3.05, 3.63) is 29.8 Å². The van der Waals surface area contributed by atoms with Gasteiger partial charge in [0.15, 0.2) is 0 Å². The Hall–Kier alpha value is -2.98. The molecule has 4 fully saturated rings. The molecule has 3 saturated carbocycles. The van der Waals surface area contributed by atoms with Gasteiger partial charge in [-0.15, -0.1) is 0 Å². The number of ether oxygens (including phenoxy) is 2. The molecule has 0 spiro atoms. The number of hydrogen-bond donors (Lipinski definition) is 3. The van der Waals surface area contributed by atoms with E-state index in [2.05, 4.69) is 10.5 Å². The zero-order valence-corrected chi connectivity index (χ0v) is 21.0. The molecule has 3 aliphatic carbocycles. The minimum Gasteiger partial charge on any atom is -0.497 e. The summed E-state index contributed by atoms with van der Waals surface area (Å²) in [5.41, 5.74) is 3.70. The maximum Gasteiger partial charge on any atom is 0.428 e. The Labute approximate surface area is 216 Å². The molecule has 0 radical (unpaired) electrons. The van der Waals surface area contributed by atoms with Gasteiger partial charge in [0.1, 0.15) is 12.4 Å². The number of rotatable bonds is 5. The molecule has 200 valence electrons. The number of nitrogens with zero attached hydrogens (tertiary/aromatic N) is 2. The Kier molecular flexibility index (Phi) is 7.48. The van der Waals surface area contributed by atoms with E-state index in [0.29, 0.717) is 24.3 Å². The van der Waals surface area contributed by atoms with Crippen molar-refractivity contribution in [2.75, 3.05) is 7.11 Å². The lowest BCUT2D eigenvalue weighted by Gasteiger charge is -2.45. The predicted octanol–water partition coefficient (Wildman–Crippen LogP) is 2.36. The fourth-order valence-electron chi connectivity index (χ4n) is 6.74. The summed E-state index contributed by atoms with van der Waals surface area (Å²) in [6.45, 7) is 0.0471. The van der Waals surface area contributed by atoms with Crippen molar-refractivity contribution in [1.82, 2.24) is 10.3 Å². The van der Waals surface area contributed by atoms with Crippen LogP contribution in [0.1, 0.15) is 56.9 Å². The molecule has 0 unspecified atom stereocenters. The number of amides is 3. The summed E-state index contributed by atoms with van der Waals surface area (Å²) in [4.78, 5) is 40.6. The predicted molar refractivity (Wildman–Crippen MR) is 132 cm³/mol. The Morgan fingerprint density at radius 3 is 2.43 bits per heavy atom. The number of carbonyl (C=O) groups is 3. The summed E-state index contributed by atoms with van der Waals surface area (Å²) in [6.07, 6.45) is 2.89. The topological polar surface area (TPSA) is 138 Å². The highest BCUT2D eigenvalue weighted by Gasteiger charge is 2.60. The van der Waals surface area contributed by atoms with Crippen molar-refractivity contribution in [3.63, 3.8) is 0 Å². The summed E-state index contributed by atoms with van der Waals surface area (Å²) in [5.74, 6) is -1.74. The molecule has 37 heavy (non-hydrogen) atoms. The van der Waals surface area contributed by atoms with Crippen molar-refractivity contribution >= 4 is 23.6 Å². The van der Waals surface area contributed by atoms with Gasteiger partial charge in [-0.05, 0) is 43.4 Å². The summed E-state index contributed by atoms with van der Waals surface area (Å²) < 4.78 is 10.4. The number of nitrogens with one attached hydrogen (secondary N) is 1. The summed E-state index contributed by atoms with van der Waals surface area (Å²) in [6, 6.07) is 7.05. The van der Waals surface area contributed by atoms with Gasteiger partial charge in [-0.2, -0.15) is 5.10 Å². The van der Waals surface area contributed by atoms with E-state index in [1.807, 2.05) is 0 Å². The van der Waals surface area contributed by atoms with E-state index >= 15 is 0 Å². The Morgan fingerprint density at radius 1 is 1.03 bits per heavy atom. The lowest BCUT2D eigenvalue weighted by Crippen LogP contribution is -2.55. The third kappa shape index (κ3) is 4.96. The highest BCUT2D eigenvalue weighted by atomic mass is 16.6. The van der Waals surface area contributed by atoms with Crippen molar-refractivity contribution < 1.29 is 34.1 Å². The molecule has 1 saturated heterocycles. The average molecular weight is 514 g/mol. The molecule has 1 aromatic carbocycles. The first kappa shape index (κ1) is 25.7. The van der Waals surface area contributed by atoms with Crippen molar-refractivity contribution in [3.8, 4) is 5.75 Å². The minimum absolute atomic E-state index is 0.0471. The van der Waals surface area contributed by atoms with Gasteiger partial charge < -0.3 is 19.7 Å². The number of aliphatic hydroxyl groups excluding tert-OH is 2. The van der Waals surface area contributed by atoms with Crippen LogP contribution < -0.4 is 10.2 Å². The number of carbonyl (C=O) groups excluding carboxylic acids is 3. The molecule has 3 N–H and O–H groups in total. The molecule has 1 aromatic rings. The molecule has 3 amide bonds. The second-order valence-corrected chi connectivity index (χ2v) is 10.6. The molecule has 0 aromatic heterocycles. The van der Waals surface area contributed by atoms with Crippen LogP contribution in [0.25, 0.3) is 0 Å². The quantitative estimate of drug-likeness (QED) is 0.406. The van der Waals surface area contributed by atoms with Gasteiger partial charge in [-0.1, -0.05) is 31.4 Å². The second kappa shape index (κ2) is 10.8. The first-order valence-electron chi connectivity index (χ1n) is 13.2. The van der Waals surface area contributed by atoms with E-state index in [9.17, 15) is 24.6 Å². The van der Waals surface area contributed by atoms with Gasteiger partial charge >= 0.3 is 6.09 Å². The van der Waals surface area contributed by atoms with Crippen molar-refractivity contribution in [2.45, 2.75) is 76.2 Å². The Morgan fingerprint density at radius 2 is 1.73 bits per heavy atom. The Bertz CT molecular complexity index is 1050. The molecule has 4 aliphatic rings. The monoisotopic (exact) mass is 513 g/mol. The smallest absolute Gasteiger partial charge is 0.428 e. The molecule has 1 heterocycles. The maximum atomic E-state index is 13.6. The van der Waals surface area contributed by atoms with Gasteiger partial charge in [0.05, 0.1) is 31.2 Å². The number of imide groups is 1. The zero-order chi connectivity index (χ0) is 26.1. The summed E-state index contributed by atoms with van der Waals surface area (Å²) in [7, 11) is 1.57. The van der Waals surface area contributed by atoms with Crippen LogP contribution in [0.2, 0.25) is 0 Å². The van der Waals surface area contributed by atoms with E-state index in [4.69, 9.17) is 9.47 Å². The molecule has 10 heteroatoms.